The Balaban J connectivity index is 1.27. The summed E-state index contributed by atoms with van der Waals surface area (Å²) in [6.45, 7) is 3.74. The molecule has 166 valence electrons. The van der Waals surface area contributed by atoms with Crippen LogP contribution in [0.2, 0.25) is 0 Å². The third-order valence-corrected chi connectivity index (χ3v) is 6.02. The maximum absolute atomic E-state index is 13.2. The largest absolute Gasteiger partial charge is 0.477 e. The molecule has 3 aromatic rings. The molecule has 3 heterocycles. The van der Waals surface area contributed by atoms with Crippen LogP contribution < -0.4 is 18.9 Å². The Hall–Kier alpha value is -3.84. The minimum Gasteiger partial charge on any atom is -0.477 e. The minimum atomic E-state index is -0.256. The summed E-state index contributed by atoms with van der Waals surface area (Å²) in [5.74, 6) is 2.47. The number of ether oxygens (including phenoxy) is 4. The summed E-state index contributed by atoms with van der Waals surface area (Å²) in [4.78, 5) is 15.2. The van der Waals surface area contributed by atoms with Gasteiger partial charge in [0.25, 0.3) is 0 Å². The molecule has 0 aromatic heterocycles. The van der Waals surface area contributed by atoms with Crippen LogP contribution in [-0.2, 0) is 13.1 Å². The second-order valence-electron chi connectivity index (χ2n) is 8.31. The second kappa shape index (κ2) is 7.64. The number of carbonyl (C=O) groups is 1. The number of allylic oxidation sites excluding steroid dienone is 1. The van der Waals surface area contributed by atoms with Crippen molar-refractivity contribution in [2.75, 3.05) is 13.5 Å². The van der Waals surface area contributed by atoms with Gasteiger partial charge in [0.1, 0.15) is 24.0 Å². The molecule has 0 fully saturated rings. The van der Waals surface area contributed by atoms with E-state index in [1.807, 2.05) is 31.2 Å². The number of hydrogen-bond acceptors (Lipinski definition) is 6. The van der Waals surface area contributed by atoms with Crippen LogP contribution in [0.4, 0.5) is 4.39 Å². The van der Waals surface area contributed by atoms with Crippen molar-refractivity contribution < 1.29 is 28.1 Å². The zero-order chi connectivity index (χ0) is 22.5. The predicted molar refractivity (Wildman–Crippen MR) is 118 cm³/mol. The lowest BCUT2D eigenvalue weighted by atomic mass is 9.99. The van der Waals surface area contributed by atoms with Crippen molar-refractivity contribution in [1.29, 1.82) is 0 Å². The van der Waals surface area contributed by atoms with E-state index in [9.17, 15) is 9.18 Å². The van der Waals surface area contributed by atoms with E-state index in [2.05, 4.69) is 4.90 Å². The van der Waals surface area contributed by atoms with E-state index in [1.54, 1.807) is 18.2 Å². The van der Waals surface area contributed by atoms with Gasteiger partial charge in [-0.3, -0.25) is 9.69 Å². The molecule has 0 saturated carbocycles. The molecule has 3 aliphatic rings. The van der Waals surface area contributed by atoms with Gasteiger partial charge < -0.3 is 18.9 Å². The molecule has 0 unspecified atom stereocenters. The summed E-state index contributed by atoms with van der Waals surface area (Å²) in [5, 5.41) is 0. The predicted octanol–water partition coefficient (Wildman–Crippen LogP) is 4.83. The fourth-order valence-corrected chi connectivity index (χ4v) is 4.40. The Morgan fingerprint density at radius 3 is 2.67 bits per heavy atom. The van der Waals surface area contributed by atoms with Crippen molar-refractivity contribution in [2.45, 2.75) is 20.0 Å². The average Bonchev–Trinajstić information content (AvgIpc) is 3.40. The van der Waals surface area contributed by atoms with Crippen molar-refractivity contribution in [3.8, 4) is 23.0 Å². The second-order valence-corrected chi connectivity index (χ2v) is 8.31. The quantitative estimate of drug-likeness (QED) is 0.539. The van der Waals surface area contributed by atoms with E-state index in [-0.39, 0.29) is 24.2 Å². The third kappa shape index (κ3) is 3.50. The highest BCUT2D eigenvalue weighted by Gasteiger charge is 2.33. The molecular formula is C26H20FNO5. The van der Waals surface area contributed by atoms with Crippen LogP contribution in [0.5, 0.6) is 23.0 Å². The summed E-state index contributed by atoms with van der Waals surface area (Å²) in [5.41, 5.74) is 4.06. The van der Waals surface area contributed by atoms with Crippen molar-refractivity contribution in [3.63, 3.8) is 0 Å². The fourth-order valence-electron chi connectivity index (χ4n) is 4.40. The molecule has 33 heavy (non-hydrogen) atoms. The van der Waals surface area contributed by atoms with E-state index in [1.165, 1.54) is 12.1 Å². The number of carbonyl (C=O) groups excluding carboxylic acids is 1. The summed E-state index contributed by atoms with van der Waals surface area (Å²) >= 11 is 0. The highest BCUT2D eigenvalue weighted by molar-refractivity contribution is 6.15. The van der Waals surface area contributed by atoms with Crippen LogP contribution in [0.3, 0.4) is 0 Å². The van der Waals surface area contributed by atoms with Gasteiger partial charge in [-0.25, -0.2) is 4.39 Å². The zero-order valence-electron chi connectivity index (χ0n) is 17.9. The molecule has 6 nitrogen and oxygen atoms in total. The Kier molecular flexibility index (Phi) is 4.58. The van der Waals surface area contributed by atoms with E-state index in [0.29, 0.717) is 42.6 Å². The maximum atomic E-state index is 13.2. The SMILES string of the molecule is Cc1c2c(cc3c1OC(=Cc1ccc4c(c1)OCO4)C3=O)CN(Cc1ccc(F)cc1)CO2. The van der Waals surface area contributed by atoms with Gasteiger partial charge in [0, 0.05) is 24.2 Å². The highest BCUT2D eigenvalue weighted by atomic mass is 19.1. The molecule has 0 atom stereocenters. The first-order valence-electron chi connectivity index (χ1n) is 10.6. The van der Waals surface area contributed by atoms with Gasteiger partial charge in [-0.05, 0) is 54.5 Å². The fraction of sp³-hybridized carbons (Fsp3) is 0.192. The van der Waals surface area contributed by atoms with Crippen LogP contribution in [0, 0.1) is 12.7 Å². The summed E-state index contributed by atoms with van der Waals surface area (Å²) in [7, 11) is 0. The van der Waals surface area contributed by atoms with Gasteiger partial charge in [-0.15, -0.1) is 0 Å². The van der Waals surface area contributed by atoms with E-state index in [0.717, 1.165) is 28.0 Å². The van der Waals surface area contributed by atoms with Gasteiger partial charge in [0.2, 0.25) is 12.6 Å². The van der Waals surface area contributed by atoms with Crippen LogP contribution >= 0.6 is 0 Å². The number of hydrogen-bond donors (Lipinski definition) is 0. The molecule has 6 rings (SSSR count). The van der Waals surface area contributed by atoms with Crippen molar-refractivity contribution in [1.82, 2.24) is 4.90 Å². The molecule has 0 radical (unpaired) electrons. The molecular weight excluding hydrogens is 425 g/mol. The first kappa shape index (κ1) is 19.8. The van der Waals surface area contributed by atoms with Gasteiger partial charge in [0.05, 0.1) is 5.56 Å². The number of nitrogens with zero attached hydrogens (tertiary/aromatic N) is 1. The number of ketones is 1. The van der Waals surface area contributed by atoms with Crippen LogP contribution in [0.15, 0.2) is 54.3 Å². The Bertz CT molecular complexity index is 1320. The molecule has 0 N–H and O–H groups in total. The van der Waals surface area contributed by atoms with Crippen molar-refractivity contribution in [2.24, 2.45) is 0 Å². The number of Topliss-reactive ketones (excluding diaryl/α,β-unsaturated/α-hetero) is 1. The van der Waals surface area contributed by atoms with Gasteiger partial charge in [-0.2, -0.15) is 0 Å². The lowest BCUT2D eigenvalue weighted by molar-refractivity contribution is 0.0876. The van der Waals surface area contributed by atoms with E-state index >= 15 is 0 Å². The molecule has 0 bridgehead atoms. The first-order valence-corrected chi connectivity index (χ1v) is 10.6. The molecule has 0 amide bonds. The Labute approximate surface area is 189 Å². The van der Waals surface area contributed by atoms with Crippen LogP contribution in [0.1, 0.15) is 32.6 Å². The number of benzene rings is 3. The Morgan fingerprint density at radius 2 is 1.82 bits per heavy atom. The number of fused-ring (bicyclic) bond motifs is 3. The summed E-state index contributed by atoms with van der Waals surface area (Å²) in [6.07, 6.45) is 1.71. The number of halogens is 1. The lowest BCUT2D eigenvalue weighted by Crippen LogP contribution is -2.32. The van der Waals surface area contributed by atoms with Crippen molar-refractivity contribution >= 4 is 11.9 Å². The zero-order valence-corrected chi connectivity index (χ0v) is 17.9. The van der Waals surface area contributed by atoms with E-state index in [4.69, 9.17) is 18.9 Å². The molecule has 0 saturated heterocycles. The first-order chi connectivity index (χ1) is 16.0. The lowest BCUT2D eigenvalue weighted by Gasteiger charge is -2.30. The average molecular weight is 445 g/mol. The third-order valence-electron chi connectivity index (χ3n) is 6.02. The highest BCUT2D eigenvalue weighted by Crippen LogP contribution is 2.43. The van der Waals surface area contributed by atoms with E-state index < -0.39 is 0 Å². The summed E-state index contributed by atoms with van der Waals surface area (Å²) < 4.78 is 36.0. The Morgan fingerprint density at radius 1 is 1.00 bits per heavy atom. The van der Waals surface area contributed by atoms with Gasteiger partial charge >= 0.3 is 0 Å². The topological polar surface area (TPSA) is 57.2 Å². The van der Waals surface area contributed by atoms with Crippen LogP contribution in [0.25, 0.3) is 6.08 Å². The van der Waals surface area contributed by atoms with Gasteiger partial charge in [-0.1, -0.05) is 18.2 Å². The molecule has 3 aliphatic heterocycles. The smallest absolute Gasteiger partial charge is 0.231 e. The van der Waals surface area contributed by atoms with Crippen molar-refractivity contribution in [3.05, 3.63) is 87.9 Å². The summed E-state index contributed by atoms with van der Waals surface area (Å²) in [6, 6.07) is 13.8. The normalized spacial score (nSPS) is 17.5. The van der Waals surface area contributed by atoms with Gasteiger partial charge in [0.15, 0.2) is 17.3 Å². The minimum absolute atomic E-state index is 0.163. The monoisotopic (exact) mass is 445 g/mol. The van der Waals surface area contributed by atoms with Crippen LogP contribution in [-0.4, -0.2) is 24.2 Å². The maximum Gasteiger partial charge on any atom is 0.231 e. The number of rotatable bonds is 3. The molecule has 7 heteroatoms. The molecule has 0 spiro atoms. The standard InChI is InChI=1S/C26H20FNO5/c1-15-25-18(12-28(13-30-25)11-16-2-5-19(27)6-3-16)10-20-24(29)23(33-26(15)20)9-17-4-7-21-22(8-17)32-14-31-21/h2-10H,11-14H2,1H3. The molecule has 3 aromatic carbocycles. The molecule has 0 aliphatic carbocycles.